The third-order valence-electron chi connectivity index (χ3n) is 0. The van der Waals surface area contributed by atoms with E-state index in [2.05, 4.69) is 6.55 Å². The molecule has 0 unspecified atom stereocenters. The lowest BCUT2D eigenvalue weighted by atomic mass is 11.9. The minimum absolute atomic E-state index is 0. The molecule has 54 valence electrons. The zero-order valence-electron chi connectivity index (χ0n) is 4.01. The summed E-state index contributed by atoms with van der Waals surface area (Å²) in [5, 5.41) is -2.72. The fourth-order valence-electron chi connectivity index (χ4n) is 0. The van der Waals surface area contributed by atoms with Gasteiger partial charge in [0.25, 0.3) is 0 Å². The summed E-state index contributed by atoms with van der Waals surface area (Å²) in [5.41, 5.74) is 0. The van der Waals surface area contributed by atoms with Gasteiger partial charge in [-0.2, -0.15) is 0 Å². The number of rotatable bonds is 0. The minimum atomic E-state index is -2.72. The molecule has 0 aliphatic carbocycles. The second kappa shape index (κ2) is 8.59. The van der Waals surface area contributed by atoms with Crippen LogP contribution in [0.2, 0.25) is 6.55 Å². The Kier molecular flexibility index (Phi) is 17.5. The van der Waals surface area contributed by atoms with Crippen molar-refractivity contribution < 1.29 is 0 Å². The van der Waals surface area contributed by atoms with Gasteiger partial charge in [0.15, 0.2) is 0 Å². The molecule has 0 saturated carbocycles. The third kappa shape index (κ3) is 130. The molecule has 0 radical (unpaired) electrons. The van der Waals surface area contributed by atoms with Crippen molar-refractivity contribution in [3.8, 4) is 0 Å². The van der Waals surface area contributed by atoms with Crippen molar-refractivity contribution in [1.82, 2.24) is 0 Å². The Labute approximate surface area is 73.7 Å². The first-order valence-corrected chi connectivity index (χ1v) is 9.80. The van der Waals surface area contributed by atoms with Gasteiger partial charge in [-0.05, 0) is 10.2 Å². The molecule has 0 aliphatic heterocycles. The fraction of sp³-hybridized carbons (Fsp3) is 1.00. The molecule has 0 amide bonds. The van der Waals surface area contributed by atoms with Gasteiger partial charge < -0.3 is 0 Å². The Morgan fingerprint density at radius 3 is 1.00 bits per heavy atom. The van der Waals surface area contributed by atoms with Crippen molar-refractivity contribution >= 4 is 59.9 Å². The Hall–Kier alpha value is 1.59. The fourth-order valence-corrected chi connectivity index (χ4v) is 0. The number of halogens is 4. The average Bonchev–Trinajstić information content (AvgIpc) is 1.36. The van der Waals surface area contributed by atoms with E-state index in [9.17, 15) is 0 Å². The zero-order valence-corrected chi connectivity index (χ0v) is 10.0. The van der Waals surface area contributed by atoms with Crippen LogP contribution in [0.5, 0.6) is 0 Å². The van der Waals surface area contributed by atoms with E-state index < -0.39 is 5.31 Å². The molecule has 8 heavy (non-hydrogen) atoms. The van der Waals surface area contributed by atoms with Gasteiger partial charge in [-0.3, -0.25) is 0 Å². The van der Waals surface area contributed by atoms with Crippen molar-refractivity contribution in [2.75, 3.05) is 0 Å². The molecule has 6 heteroatoms. The monoisotopic (exact) mass is 230 g/mol. The van der Waals surface area contributed by atoms with Crippen molar-refractivity contribution in [3.05, 3.63) is 0 Å². The van der Waals surface area contributed by atoms with Gasteiger partial charge in [0, 0.05) is 0 Å². The Balaban J connectivity index is -0.0000000750. The molecule has 0 spiro atoms. The highest BCUT2D eigenvalue weighted by atomic mass is 36.0. The summed E-state index contributed by atoms with van der Waals surface area (Å²) in [7, 11) is 1.31. The van der Waals surface area contributed by atoms with E-state index in [-0.39, 0.29) is 7.43 Å². The topological polar surface area (TPSA) is 0 Å². The van der Waals surface area contributed by atoms with Crippen molar-refractivity contribution in [2.24, 2.45) is 0 Å². The Morgan fingerprint density at radius 2 is 1.00 bits per heavy atom. The van der Waals surface area contributed by atoms with Crippen LogP contribution < -0.4 is 0 Å². The van der Waals surface area contributed by atoms with Gasteiger partial charge >= 0.3 is 5.31 Å². The molecular weight excluding hydrogens is 222 g/mol. The lowest BCUT2D eigenvalue weighted by Crippen LogP contribution is -1.91. The molecule has 0 nitrogen and oxygen atoms in total. The van der Waals surface area contributed by atoms with Gasteiger partial charge in [-0.15, -0.1) is 44.3 Å². The first-order valence-electron chi connectivity index (χ1n) is 1.76. The van der Waals surface area contributed by atoms with Crippen molar-refractivity contribution in [3.63, 3.8) is 0 Å². The van der Waals surface area contributed by atoms with Gasteiger partial charge in [0.1, 0.15) is 0 Å². The van der Waals surface area contributed by atoms with Gasteiger partial charge in [-0.25, -0.2) is 0 Å². The van der Waals surface area contributed by atoms with Crippen LogP contribution in [0.1, 0.15) is 7.43 Å². The molecule has 0 N–H and O–H groups in total. The van der Waals surface area contributed by atoms with Crippen LogP contribution in [0.3, 0.4) is 0 Å². The predicted molar refractivity (Wildman–Crippen MR) is 51.7 cm³/mol. The van der Waals surface area contributed by atoms with Gasteiger partial charge in [0.05, 0.1) is 0 Å². The molecule has 0 heterocycles. The molecule has 0 aromatic rings. The SMILES string of the molecule is C.C[SiH3].Cl[Si](Cl)(Cl)Cl. The van der Waals surface area contributed by atoms with Crippen molar-refractivity contribution in [2.45, 2.75) is 14.0 Å². The van der Waals surface area contributed by atoms with Crippen LogP contribution in [0, 0.1) is 0 Å². The van der Waals surface area contributed by atoms with Crippen LogP contribution in [0.4, 0.5) is 0 Å². The van der Waals surface area contributed by atoms with Gasteiger partial charge in [0.2, 0.25) is 0 Å². The first kappa shape index (κ1) is 16.3. The summed E-state index contributed by atoms with van der Waals surface area (Å²) in [5.74, 6) is 0. The molecule has 0 aromatic heterocycles. The summed E-state index contributed by atoms with van der Waals surface area (Å²) in [6.45, 7) is 2.14. The van der Waals surface area contributed by atoms with Crippen LogP contribution >= 0.6 is 44.3 Å². The maximum absolute atomic E-state index is 4.97. The van der Waals surface area contributed by atoms with E-state index in [4.69, 9.17) is 44.3 Å². The number of hydrogen-bond acceptors (Lipinski definition) is 0. The van der Waals surface area contributed by atoms with E-state index >= 15 is 0 Å². The van der Waals surface area contributed by atoms with E-state index in [0.717, 1.165) is 0 Å². The van der Waals surface area contributed by atoms with E-state index in [1.807, 2.05) is 0 Å². The summed E-state index contributed by atoms with van der Waals surface area (Å²) >= 11 is 19.9. The smallest absolute Gasteiger partial charge is 0.110 e. The molecule has 0 aliphatic rings. The highest BCUT2D eigenvalue weighted by Gasteiger charge is 2.19. The molecule has 0 bridgehead atoms. The van der Waals surface area contributed by atoms with E-state index in [1.54, 1.807) is 0 Å². The van der Waals surface area contributed by atoms with Crippen LogP contribution in [0.15, 0.2) is 0 Å². The first-order chi connectivity index (χ1) is 3.00. The van der Waals surface area contributed by atoms with Gasteiger partial charge in [-0.1, -0.05) is 14.0 Å². The van der Waals surface area contributed by atoms with E-state index in [0.29, 0.717) is 0 Å². The second-order valence-corrected chi connectivity index (χ2v) is 11.6. The molecule has 0 saturated heterocycles. The number of hydrogen-bond donors (Lipinski definition) is 0. The lowest BCUT2D eigenvalue weighted by Gasteiger charge is -1.85. The molecular formula is C2H10Cl4Si2. The quantitative estimate of drug-likeness (QED) is 0.444. The second-order valence-electron chi connectivity index (χ2n) is 0.429. The standard InChI is InChI=1S/CH6Si.CH4.Cl4Si/c1-2;;1-5(2,3)4/h1-2H3;1H4;. The highest BCUT2D eigenvalue weighted by Crippen LogP contribution is 2.23. The van der Waals surface area contributed by atoms with Crippen LogP contribution in [-0.4, -0.2) is 15.6 Å². The maximum atomic E-state index is 4.97. The van der Waals surface area contributed by atoms with Crippen LogP contribution in [-0.2, 0) is 0 Å². The molecule has 0 atom stereocenters. The zero-order chi connectivity index (χ0) is 6.50. The summed E-state index contributed by atoms with van der Waals surface area (Å²) < 4.78 is 0. The summed E-state index contributed by atoms with van der Waals surface area (Å²) in [4.78, 5) is 0. The van der Waals surface area contributed by atoms with Crippen molar-refractivity contribution in [1.29, 1.82) is 0 Å². The third-order valence-corrected chi connectivity index (χ3v) is 0. The normalized spacial score (nSPS) is 8.62. The minimum Gasteiger partial charge on any atom is -0.110 e. The highest BCUT2D eigenvalue weighted by molar-refractivity contribution is 7.81. The molecule has 0 fully saturated rings. The average molecular weight is 232 g/mol. The molecule has 0 aromatic carbocycles. The summed E-state index contributed by atoms with van der Waals surface area (Å²) in [6, 6.07) is 0. The lowest BCUT2D eigenvalue weighted by molar-refractivity contribution is 2.40. The predicted octanol–water partition coefficient (Wildman–Crippen LogP) is 2.41. The van der Waals surface area contributed by atoms with E-state index in [1.165, 1.54) is 10.2 Å². The Morgan fingerprint density at radius 1 is 1.00 bits per heavy atom. The van der Waals surface area contributed by atoms with Crippen LogP contribution in [0.25, 0.3) is 0 Å². The Bertz CT molecular complexity index is 27.5. The maximum Gasteiger partial charge on any atom is 0.440 e. The summed E-state index contributed by atoms with van der Waals surface area (Å²) in [6.07, 6.45) is 0. The largest absolute Gasteiger partial charge is 0.440 e. The molecule has 0 rings (SSSR count).